The van der Waals surface area contributed by atoms with Gasteiger partial charge in [-0.3, -0.25) is 9.69 Å². The molecule has 1 aliphatic heterocycles. The first-order valence-electron chi connectivity index (χ1n) is 10.0. The first-order chi connectivity index (χ1) is 13.9. The van der Waals surface area contributed by atoms with Crippen molar-refractivity contribution in [1.29, 1.82) is 0 Å². The van der Waals surface area contributed by atoms with E-state index in [1.807, 2.05) is 26.0 Å². The van der Waals surface area contributed by atoms with E-state index < -0.39 is 0 Å². The molecule has 0 unspecified atom stereocenters. The van der Waals surface area contributed by atoms with Crippen molar-refractivity contribution in [3.63, 3.8) is 0 Å². The zero-order valence-corrected chi connectivity index (χ0v) is 17.4. The summed E-state index contributed by atoms with van der Waals surface area (Å²) in [5.41, 5.74) is 3.59. The van der Waals surface area contributed by atoms with Crippen molar-refractivity contribution < 1.29 is 14.6 Å². The van der Waals surface area contributed by atoms with Gasteiger partial charge in [0, 0.05) is 44.5 Å². The number of hydrogen-bond acceptors (Lipinski definition) is 5. The number of aromatic nitrogens is 1. The van der Waals surface area contributed by atoms with Gasteiger partial charge in [-0.15, -0.1) is 0 Å². The van der Waals surface area contributed by atoms with E-state index in [-0.39, 0.29) is 17.4 Å². The van der Waals surface area contributed by atoms with Gasteiger partial charge < -0.3 is 19.3 Å². The molecule has 0 spiro atoms. The number of nitrogens with zero attached hydrogens (tertiary/aromatic N) is 3. The highest BCUT2D eigenvalue weighted by Crippen LogP contribution is 2.17. The maximum atomic E-state index is 12.7. The lowest BCUT2D eigenvalue weighted by Crippen LogP contribution is -2.48. The summed E-state index contributed by atoms with van der Waals surface area (Å²) in [6.07, 6.45) is 1.45. The largest absolute Gasteiger partial charge is 0.503 e. The van der Waals surface area contributed by atoms with Gasteiger partial charge in [0.1, 0.15) is 0 Å². The highest BCUT2D eigenvalue weighted by molar-refractivity contribution is 5.67. The molecule has 1 N–H and O–H groups in total. The van der Waals surface area contributed by atoms with Gasteiger partial charge in [0.25, 0.3) is 5.56 Å². The molecule has 3 rings (SSSR count). The first-order valence-corrected chi connectivity index (χ1v) is 10.0. The Labute approximate surface area is 171 Å². The number of pyridine rings is 1. The minimum atomic E-state index is -0.382. The average molecular weight is 399 g/mol. The molecule has 0 bridgehead atoms. The first kappa shape index (κ1) is 20.9. The van der Waals surface area contributed by atoms with Gasteiger partial charge in [0.2, 0.25) is 0 Å². The van der Waals surface area contributed by atoms with E-state index in [0.29, 0.717) is 51.4 Å². The molecular formula is C22H29N3O4. The molecule has 1 aromatic heterocycles. The molecule has 0 aliphatic carbocycles. The third-order valence-corrected chi connectivity index (χ3v) is 5.35. The van der Waals surface area contributed by atoms with Crippen LogP contribution in [0.15, 0.2) is 35.3 Å². The molecule has 1 saturated heterocycles. The second-order valence-corrected chi connectivity index (χ2v) is 7.51. The monoisotopic (exact) mass is 399 g/mol. The zero-order chi connectivity index (χ0) is 21.0. The summed E-state index contributed by atoms with van der Waals surface area (Å²) < 4.78 is 6.57. The molecule has 0 saturated carbocycles. The van der Waals surface area contributed by atoms with Crippen molar-refractivity contribution in [2.24, 2.45) is 0 Å². The second-order valence-electron chi connectivity index (χ2n) is 7.51. The van der Waals surface area contributed by atoms with E-state index in [0.717, 1.165) is 11.1 Å². The Balaban J connectivity index is 1.66. The van der Waals surface area contributed by atoms with Gasteiger partial charge in [-0.1, -0.05) is 23.8 Å². The van der Waals surface area contributed by atoms with Crippen molar-refractivity contribution in [3.05, 3.63) is 63.1 Å². The van der Waals surface area contributed by atoms with Crippen LogP contribution in [-0.2, 0) is 17.8 Å². The predicted octanol–water partition coefficient (Wildman–Crippen LogP) is 2.49. The van der Waals surface area contributed by atoms with E-state index in [9.17, 15) is 14.7 Å². The van der Waals surface area contributed by atoms with E-state index in [1.54, 1.807) is 24.1 Å². The number of ether oxygens (including phenoxy) is 1. The Morgan fingerprint density at radius 3 is 2.45 bits per heavy atom. The molecule has 29 heavy (non-hydrogen) atoms. The fourth-order valence-electron chi connectivity index (χ4n) is 3.60. The topological polar surface area (TPSA) is 75.0 Å². The van der Waals surface area contributed by atoms with Crippen LogP contribution in [0.1, 0.15) is 29.2 Å². The lowest BCUT2D eigenvalue weighted by molar-refractivity contribution is 0.0776. The van der Waals surface area contributed by atoms with Gasteiger partial charge in [-0.05, 0) is 38.0 Å². The number of amides is 1. The van der Waals surface area contributed by atoms with Gasteiger partial charge in [-0.2, -0.15) is 0 Å². The number of hydrogen-bond donors (Lipinski definition) is 1. The van der Waals surface area contributed by atoms with Crippen LogP contribution >= 0.6 is 0 Å². The van der Waals surface area contributed by atoms with Crippen molar-refractivity contribution in [3.8, 4) is 5.75 Å². The third kappa shape index (κ3) is 4.98. The summed E-state index contributed by atoms with van der Waals surface area (Å²) in [4.78, 5) is 28.3. The molecule has 1 aliphatic rings. The summed E-state index contributed by atoms with van der Waals surface area (Å²) >= 11 is 0. The van der Waals surface area contributed by atoms with Gasteiger partial charge >= 0.3 is 6.09 Å². The van der Waals surface area contributed by atoms with Crippen LogP contribution in [0, 0.1) is 13.8 Å². The fraction of sp³-hybridized carbons (Fsp3) is 0.455. The minimum absolute atomic E-state index is 0.204. The molecule has 156 valence electrons. The normalized spacial score (nSPS) is 14.8. The van der Waals surface area contributed by atoms with Crippen LogP contribution in [-0.4, -0.2) is 58.4 Å². The van der Waals surface area contributed by atoms with Gasteiger partial charge in [0.05, 0.1) is 13.2 Å². The van der Waals surface area contributed by atoms with Crippen molar-refractivity contribution in [1.82, 2.24) is 14.4 Å². The fourth-order valence-corrected chi connectivity index (χ4v) is 3.60. The van der Waals surface area contributed by atoms with E-state index in [4.69, 9.17) is 4.74 Å². The van der Waals surface area contributed by atoms with Crippen LogP contribution in [0.3, 0.4) is 0 Å². The smallest absolute Gasteiger partial charge is 0.409 e. The number of aromatic hydroxyl groups is 1. The number of benzene rings is 1. The van der Waals surface area contributed by atoms with E-state index in [2.05, 4.69) is 11.0 Å². The Bertz CT molecular complexity index is 930. The molecule has 2 heterocycles. The number of carbonyl (C=O) groups excluding carboxylic acids is 1. The molecule has 1 amide bonds. The van der Waals surface area contributed by atoms with E-state index >= 15 is 0 Å². The molecule has 2 aromatic rings. The lowest BCUT2D eigenvalue weighted by atomic mass is 10.1. The zero-order valence-electron chi connectivity index (χ0n) is 17.4. The Morgan fingerprint density at radius 1 is 1.07 bits per heavy atom. The molecule has 0 radical (unpaired) electrons. The highest BCUT2D eigenvalue weighted by atomic mass is 16.6. The van der Waals surface area contributed by atoms with Crippen molar-refractivity contribution in [2.75, 3.05) is 32.8 Å². The van der Waals surface area contributed by atoms with Crippen LogP contribution in [0.25, 0.3) is 0 Å². The maximum absolute atomic E-state index is 12.7. The quantitative estimate of drug-likeness (QED) is 0.836. The third-order valence-electron chi connectivity index (χ3n) is 5.35. The number of piperazine rings is 1. The summed E-state index contributed by atoms with van der Waals surface area (Å²) in [6.45, 7) is 9.61. The Hall–Kier alpha value is -2.80. The van der Waals surface area contributed by atoms with Crippen molar-refractivity contribution >= 4 is 6.09 Å². The summed E-state index contributed by atoms with van der Waals surface area (Å²) in [6, 6.07) is 7.94. The standard InChI is InChI=1S/C22H29N3O4/c1-4-29-22(28)24-11-9-23(10-12-24)14-19-7-8-25(21(27)20(19)26)15-18-6-5-16(2)13-17(18)3/h5-8,13,26H,4,9-12,14-15H2,1-3H3. The van der Waals surface area contributed by atoms with Crippen LogP contribution < -0.4 is 5.56 Å². The number of aryl methyl sites for hydroxylation is 2. The molecule has 1 fully saturated rings. The molecular weight excluding hydrogens is 370 g/mol. The van der Waals surface area contributed by atoms with Gasteiger partial charge in [-0.25, -0.2) is 4.79 Å². The van der Waals surface area contributed by atoms with Crippen LogP contribution in [0.4, 0.5) is 4.79 Å². The number of rotatable bonds is 5. The summed E-state index contributed by atoms with van der Waals surface area (Å²) in [7, 11) is 0. The highest BCUT2D eigenvalue weighted by Gasteiger charge is 2.23. The molecule has 0 atom stereocenters. The molecule has 7 nitrogen and oxygen atoms in total. The second kappa shape index (κ2) is 9.13. The summed E-state index contributed by atoms with van der Waals surface area (Å²) in [5.74, 6) is -0.204. The molecule has 7 heteroatoms. The lowest BCUT2D eigenvalue weighted by Gasteiger charge is -2.34. The van der Waals surface area contributed by atoms with Crippen molar-refractivity contribution in [2.45, 2.75) is 33.9 Å². The summed E-state index contributed by atoms with van der Waals surface area (Å²) in [5, 5.41) is 10.5. The SMILES string of the molecule is CCOC(=O)N1CCN(Cc2ccn(Cc3ccc(C)cc3C)c(=O)c2O)CC1. The van der Waals surface area contributed by atoms with Crippen LogP contribution in [0.5, 0.6) is 5.75 Å². The average Bonchev–Trinajstić information content (AvgIpc) is 2.70. The van der Waals surface area contributed by atoms with E-state index in [1.165, 1.54) is 10.1 Å². The Kier molecular flexibility index (Phi) is 6.59. The minimum Gasteiger partial charge on any atom is -0.503 e. The number of carbonyl (C=O) groups is 1. The predicted molar refractivity (Wildman–Crippen MR) is 111 cm³/mol. The molecule has 1 aromatic carbocycles. The maximum Gasteiger partial charge on any atom is 0.409 e. The Morgan fingerprint density at radius 2 is 1.79 bits per heavy atom. The van der Waals surface area contributed by atoms with Crippen LogP contribution in [0.2, 0.25) is 0 Å². The van der Waals surface area contributed by atoms with Gasteiger partial charge in [0.15, 0.2) is 5.75 Å².